The number of carbonyl (C=O) groups is 2. The van der Waals surface area contributed by atoms with Gasteiger partial charge in [0, 0.05) is 9.94 Å². The molecule has 0 amide bonds. The molecule has 0 fully saturated rings. The highest BCUT2D eigenvalue weighted by Gasteiger charge is 2.56. The summed E-state index contributed by atoms with van der Waals surface area (Å²) in [5.74, 6) is -3.67. The van der Waals surface area contributed by atoms with Crippen LogP contribution in [0.1, 0.15) is 20.8 Å². The lowest BCUT2D eigenvalue weighted by Crippen LogP contribution is -2.56. The van der Waals surface area contributed by atoms with Crippen molar-refractivity contribution < 1.29 is 29.3 Å². The van der Waals surface area contributed by atoms with Gasteiger partial charge in [0.1, 0.15) is 0 Å². The molecule has 0 spiro atoms. The van der Waals surface area contributed by atoms with Crippen LogP contribution in [0.15, 0.2) is 0 Å². The standard InChI is InChI=1S/C7H11FO5/c1-6(2,3)7(12,4(9)10)5(11)13-8/h12H,1-3H3,(H,9,10). The fourth-order valence-corrected chi connectivity index (χ4v) is 0.770. The van der Waals surface area contributed by atoms with Crippen molar-refractivity contribution in [2.24, 2.45) is 5.41 Å². The van der Waals surface area contributed by atoms with Gasteiger partial charge in [-0.05, 0) is 0 Å². The molecule has 0 rings (SSSR count). The topological polar surface area (TPSA) is 83.8 Å². The Morgan fingerprint density at radius 1 is 1.31 bits per heavy atom. The van der Waals surface area contributed by atoms with Crippen molar-refractivity contribution in [2.45, 2.75) is 26.4 Å². The predicted octanol–water partition coefficient (Wildman–Crippen LogP) is 0.276. The summed E-state index contributed by atoms with van der Waals surface area (Å²) in [4.78, 5) is 24.0. The molecule has 0 aliphatic rings. The van der Waals surface area contributed by atoms with Crippen molar-refractivity contribution in [2.75, 3.05) is 0 Å². The summed E-state index contributed by atoms with van der Waals surface area (Å²) in [6.07, 6.45) is 0. The van der Waals surface area contributed by atoms with E-state index < -0.39 is 23.0 Å². The second-order valence-corrected chi connectivity index (χ2v) is 3.63. The number of carbonyl (C=O) groups excluding carboxylic acids is 1. The fourth-order valence-electron chi connectivity index (χ4n) is 0.770. The minimum atomic E-state index is -2.87. The molecular formula is C7H11FO5. The van der Waals surface area contributed by atoms with Crippen LogP contribution in [-0.2, 0) is 14.5 Å². The molecule has 5 nitrogen and oxygen atoms in total. The third-order valence-electron chi connectivity index (χ3n) is 1.76. The Morgan fingerprint density at radius 2 is 1.69 bits per heavy atom. The lowest BCUT2D eigenvalue weighted by Gasteiger charge is -2.31. The molecule has 0 aliphatic carbocycles. The van der Waals surface area contributed by atoms with E-state index in [1.165, 1.54) is 20.8 Å². The van der Waals surface area contributed by atoms with Crippen LogP contribution in [0.25, 0.3) is 0 Å². The third kappa shape index (κ3) is 1.77. The first kappa shape index (κ1) is 11.8. The number of hydrogen-bond donors (Lipinski definition) is 2. The number of halogens is 1. The summed E-state index contributed by atoms with van der Waals surface area (Å²) in [6.45, 7) is 3.83. The second-order valence-electron chi connectivity index (χ2n) is 3.63. The summed E-state index contributed by atoms with van der Waals surface area (Å²) in [7, 11) is 0. The Morgan fingerprint density at radius 3 is 1.77 bits per heavy atom. The van der Waals surface area contributed by atoms with Crippen molar-refractivity contribution in [3.63, 3.8) is 0 Å². The molecule has 6 heteroatoms. The highest BCUT2D eigenvalue weighted by Crippen LogP contribution is 2.31. The number of carboxylic acid groups (broad SMARTS) is 1. The average Bonchev–Trinajstić information content (AvgIpc) is 1.98. The van der Waals surface area contributed by atoms with Crippen LogP contribution in [0.4, 0.5) is 4.53 Å². The SMILES string of the molecule is CC(C)(C)C(O)(C(=O)O)C(=O)OF. The van der Waals surface area contributed by atoms with Gasteiger partial charge < -0.3 is 10.2 Å². The number of aliphatic hydroxyl groups is 1. The molecule has 1 unspecified atom stereocenters. The molecule has 0 heterocycles. The van der Waals surface area contributed by atoms with E-state index >= 15 is 0 Å². The van der Waals surface area contributed by atoms with E-state index in [1.54, 1.807) is 0 Å². The third-order valence-corrected chi connectivity index (χ3v) is 1.76. The molecular weight excluding hydrogens is 183 g/mol. The van der Waals surface area contributed by atoms with Gasteiger partial charge in [-0.2, -0.15) is 0 Å². The quantitative estimate of drug-likeness (QED) is 0.616. The van der Waals surface area contributed by atoms with E-state index in [1.807, 2.05) is 0 Å². The van der Waals surface area contributed by atoms with E-state index in [9.17, 15) is 19.2 Å². The summed E-state index contributed by atoms with van der Waals surface area (Å²) in [5.41, 5.74) is -4.23. The average molecular weight is 194 g/mol. The highest BCUT2D eigenvalue weighted by molar-refractivity contribution is 6.03. The molecule has 0 saturated carbocycles. The molecule has 0 aromatic heterocycles. The smallest absolute Gasteiger partial charge is 0.392 e. The first-order chi connectivity index (χ1) is 5.67. The van der Waals surface area contributed by atoms with Crippen molar-refractivity contribution in [3.8, 4) is 0 Å². The summed E-state index contributed by atoms with van der Waals surface area (Å²) in [6, 6.07) is 0. The van der Waals surface area contributed by atoms with Crippen molar-refractivity contribution in [1.82, 2.24) is 0 Å². The zero-order valence-electron chi connectivity index (χ0n) is 7.50. The van der Waals surface area contributed by atoms with Gasteiger partial charge in [0.25, 0.3) is 5.60 Å². The van der Waals surface area contributed by atoms with E-state index in [2.05, 4.69) is 4.94 Å². The zero-order valence-corrected chi connectivity index (χ0v) is 7.50. The Labute approximate surface area is 74.0 Å². The van der Waals surface area contributed by atoms with Gasteiger partial charge in [0.05, 0.1) is 0 Å². The Hall–Kier alpha value is -1.17. The van der Waals surface area contributed by atoms with Crippen molar-refractivity contribution in [3.05, 3.63) is 0 Å². The molecule has 0 radical (unpaired) electrons. The van der Waals surface area contributed by atoms with Crippen LogP contribution in [0.5, 0.6) is 0 Å². The van der Waals surface area contributed by atoms with Gasteiger partial charge in [0.15, 0.2) is 0 Å². The van der Waals surface area contributed by atoms with Gasteiger partial charge in [-0.3, -0.25) is 4.94 Å². The maximum absolute atomic E-state index is 11.5. The van der Waals surface area contributed by atoms with E-state index in [4.69, 9.17) is 5.11 Å². The highest BCUT2D eigenvalue weighted by atomic mass is 19.3. The van der Waals surface area contributed by atoms with Crippen LogP contribution in [0.2, 0.25) is 0 Å². The van der Waals surface area contributed by atoms with Crippen LogP contribution < -0.4 is 0 Å². The van der Waals surface area contributed by atoms with Crippen molar-refractivity contribution in [1.29, 1.82) is 0 Å². The first-order valence-electron chi connectivity index (χ1n) is 3.46. The number of aliphatic carboxylic acids is 1. The molecule has 1 atom stereocenters. The van der Waals surface area contributed by atoms with E-state index in [0.29, 0.717) is 0 Å². The van der Waals surface area contributed by atoms with Crippen LogP contribution in [0, 0.1) is 5.41 Å². The summed E-state index contributed by atoms with van der Waals surface area (Å²) >= 11 is 0. The lowest BCUT2D eigenvalue weighted by molar-refractivity contribution is -0.221. The molecule has 0 aromatic rings. The van der Waals surface area contributed by atoms with Gasteiger partial charge in [-0.25, -0.2) is 9.59 Å². The molecule has 76 valence electrons. The maximum atomic E-state index is 11.5. The molecule has 0 bridgehead atoms. The fraction of sp³-hybridized carbons (Fsp3) is 0.714. The van der Waals surface area contributed by atoms with Gasteiger partial charge >= 0.3 is 11.9 Å². The number of carboxylic acids is 1. The Kier molecular flexibility index (Phi) is 3.00. The molecule has 0 aromatic carbocycles. The molecule has 13 heavy (non-hydrogen) atoms. The van der Waals surface area contributed by atoms with Gasteiger partial charge in [0.2, 0.25) is 0 Å². The molecule has 2 N–H and O–H groups in total. The first-order valence-corrected chi connectivity index (χ1v) is 3.46. The monoisotopic (exact) mass is 194 g/mol. The van der Waals surface area contributed by atoms with Gasteiger partial charge in [-0.1, -0.05) is 20.8 Å². The van der Waals surface area contributed by atoms with E-state index in [0.717, 1.165) is 0 Å². The normalized spacial score (nSPS) is 16.1. The minimum Gasteiger partial charge on any atom is -0.479 e. The van der Waals surface area contributed by atoms with Crippen LogP contribution >= 0.6 is 0 Å². The summed E-state index contributed by atoms with van der Waals surface area (Å²) < 4.78 is 11.5. The van der Waals surface area contributed by atoms with E-state index in [-0.39, 0.29) is 0 Å². The zero-order chi connectivity index (χ0) is 10.9. The van der Waals surface area contributed by atoms with Crippen LogP contribution in [-0.4, -0.2) is 27.8 Å². The Bertz CT molecular complexity index is 232. The maximum Gasteiger partial charge on any atom is 0.392 e. The number of hydrogen-bond acceptors (Lipinski definition) is 4. The Balaban J connectivity index is 5.20. The largest absolute Gasteiger partial charge is 0.479 e. The molecule has 0 aliphatic heterocycles. The summed E-state index contributed by atoms with van der Waals surface area (Å²) in [5, 5.41) is 17.9. The number of rotatable bonds is 2. The lowest BCUT2D eigenvalue weighted by atomic mass is 9.76. The minimum absolute atomic E-state index is 1.28. The second kappa shape index (κ2) is 3.29. The van der Waals surface area contributed by atoms with Crippen LogP contribution in [0.3, 0.4) is 0 Å². The predicted molar refractivity (Wildman–Crippen MR) is 39.2 cm³/mol. The van der Waals surface area contributed by atoms with Crippen molar-refractivity contribution >= 4 is 11.9 Å². The molecule has 0 saturated heterocycles. The van der Waals surface area contributed by atoms with Gasteiger partial charge in [-0.15, -0.1) is 0 Å².